The van der Waals surface area contributed by atoms with Gasteiger partial charge >= 0.3 is 0 Å². The third-order valence-electron chi connectivity index (χ3n) is 4.10. The molecule has 0 spiro atoms. The highest BCUT2D eigenvalue weighted by atomic mass is 15.2. The summed E-state index contributed by atoms with van der Waals surface area (Å²) in [7, 11) is 0. The van der Waals surface area contributed by atoms with Gasteiger partial charge in [-0.05, 0) is 38.1 Å². The number of nitrogens with zero attached hydrogens (tertiary/aromatic N) is 4. The summed E-state index contributed by atoms with van der Waals surface area (Å²) in [6.45, 7) is 5.61. The fourth-order valence-electron chi connectivity index (χ4n) is 2.98. The number of nitrogens with two attached hydrogens (primary N) is 1. The maximum atomic E-state index is 6.00. The summed E-state index contributed by atoms with van der Waals surface area (Å²) in [5.41, 5.74) is 8.04. The van der Waals surface area contributed by atoms with Crippen LogP contribution in [-0.4, -0.2) is 39.1 Å². The summed E-state index contributed by atoms with van der Waals surface area (Å²) in [5, 5.41) is 0. The van der Waals surface area contributed by atoms with Crippen LogP contribution in [0.4, 0.5) is 5.82 Å². The van der Waals surface area contributed by atoms with Crippen LogP contribution >= 0.6 is 0 Å². The topological polar surface area (TPSA) is 60.0 Å². The molecule has 1 unspecified atom stereocenters. The lowest BCUT2D eigenvalue weighted by atomic mass is 10.0. The highest BCUT2D eigenvalue weighted by Crippen LogP contribution is 2.29. The predicted molar refractivity (Wildman–Crippen MR) is 80.3 cm³/mol. The van der Waals surface area contributed by atoms with Gasteiger partial charge in [-0.15, -0.1) is 0 Å². The predicted octanol–water partition coefficient (Wildman–Crippen LogP) is 2.18. The molecule has 2 aromatic heterocycles. The van der Waals surface area contributed by atoms with Crippen LogP contribution in [0.2, 0.25) is 0 Å². The molecule has 20 heavy (non-hydrogen) atoms. The van der Waals surface area contributed by atoms with Crippen LogP contribution in [0.15, 0.2) is 30.9 Å². The minimum absolute atomic E-state index is 0.473. The molecule has 1 aliphatic rings. The minimum Gasteiger partial charge on any atom is -0.383 e. The molecule has 1 fully saturated rings. The number of hydrogen-bond donors (Lipinski definition) is 1. The quantitative estimate of drug-likeness (QED) is 0.929. The van der Waals surface area contributed by atoms with E-state index in [4.69, 9.17) is 5.73 Å². The third kappa shape index (κ3) is 2.41. The smallest absolute Gasteiger partial charge is 0.132 e. The Morgan fingerprint density at radius 3 is 3.15 bits per heavy atom. The number of likely N-dealkylation sites (N-methyl/N-ethyl adjacent to an activating group) is 1. The highest BCUT2D eigenvalue weighted by molar-refractivity contribution is 5.70. The lowest BCUT2D eigenvalue weighted by Gasteiger charge is -2.33. The van der Waals surface area contributed by atoms with Gasteiger partial charge in [0.1, 0.15) is 5.82 Å². The zero-order chi connectivity index (χ0) is 13.9. The first-order chi connectivity index (χ1) is 9.79. The molecule has 2 aromatic rings. The normalized spacial score (nSPS) is 20.1. The van der Waals surface area contributed by atoms with Crippen LogP contribution in [0.5, 0.6) is 0 Å². The van der Waals surface area contributed by atoms with Gasteiger partial charge in [0, 0.05) is 24.3 Å². The zero-order valence-corrected chi connectivity index (χ0v) is 11.9. The molecule has 1 atom stereocenters. The molecule has 0 radical (unpaired) electrons. The van der Waals surface area contributed by atoms with Crippen molar-refractivity contribution in [1.82, 2.24) is 19.4 Å². The van der Waals surface area contributed by atoms with Gasteiger partial charge in [-0.25, -0.2) is 9.97 Å². The average molecular weight is 271 g/mol. The van der Waals surface area contributed by atoms with Crippen molar-refractivity contribution in [1.29, 1.82) is 0 Å². The molecule has 1 saturated heterocycles. The Hall–Kier alpha value is -1.88. The minimum atomic E-state index is 0.473. The number of nitrogen functional groups attached to an aromatic ring is 1. The van der Waals surface area contributed by atoms with E-state index in [1.54, 1.807) is 6.20 Å². The maximum absolute atomic E-state index is 6.00. The fraction of sp³-hybridized carbons (Fsp3) is 0.467. The van der Waals surface area contributed by atoms with Crippen LogP contribution in [0, 0.1) is 0 Å². The molecule has 0 saturated carbocycles. The van der Waals surface area contributed by atoms with E-state index in [2.05, 4.69) is 26.4 Å². The number of aromatic nitrogens is 3. The average Bonchev–Trinajstić information content (AvgIpc) is 2.97. The number of anilines is 1. The van der Waals surface area contributed by atoms with Crippen molar-refractivity contribution in [3.8, 4) is 11.3 Å². The van der Waals surface area contributed by atoms with Crippen molar-refractivity contribution >= 4 is 5.82 Å². The summed E-state index contributed by atoms with van der Waals surface area (Å²) in [6.07, 6.45) is 7.96. The Morgan fingerprint density at radius 2 is 2.35 bits per heavy atom. The molecule has 3 rings (SSSR count). The first-order valence-electron chi connectivity index (χ1n) is 7.24. The summed E-state index contributed by atoms with van der Waals surface area (Å²) in [4.78, 5) is 11.0. The first kappa shape index (κ1) is 13.1. The number of hydrogen-bond acceptors (Lipinski definition) is 4. The van der Waals surface area contributed by atoms with E-state index in [0.29, 0.717) is 11.9 Å². The molecule has 106 valence electrons. The molecule has 5 heteroatoms. The summed E-state index contributed by atoms with van der Waals surface area (Å²) in [6, 6.07) is 4.40. The van der Waals surface area contributed by atoms with Crippen molar-refractivity contribution < 1.29 is 0 Å². The molecule has 2 N–H and O–H groups in total. The van der Waals surface area contributed by atoms with E-state index in [-0.39, 0.29) is 0 Å². The van der Waals surface area contributed by atoms with E-state index in [0.717, 1.165) is 24.3 Å². The van der Waals surface area contributed by atoms with Gasteiger partial charge in [0.2, 0.25) is 0 Å². The SMILES string of the molecule is CCN1CCCC(n2cncc2-c2cccnc2N)C1. The van der Waals surface area contributed by atoms with Gasteiger partial charge in [-0.2, -0.15) is 0 Å². The Labute approximate surface area is 119 Å². The fourth-order valence-corrected chi connectivity index (χ4v) is 2.98. The van der Waals surface area contributed by atoms with Gasteiger partial charge in [-0.3, -0.25) is 0 Å². The standard InChI is InChI=1S/C15H21N5/c1-2-19-8-4-5-12(10-19)20-11-17-9-14(20)13-6-3-7-18-15(13)16/h3,6-7,9,11-12H,2,4-5,8,10H2,1H3,(H2,16,18). The molecule has 5 nitrogen and oxygen atoms in total. The van der Waals surface area contributed by atoms with Crippen LogP contribution in [-0.2, 0) is 0 Å². The molecule has 1 aliphatic heterocycles. The molecular formula is C15H21N5. The lowest BCUT2D eigenvalue weighted by Crippen LogP contribution is -2.36. The number of likely N-dealkylation sites (tertiary alicyclic amines) is 1. The Bertz CT molecular complexity index is 577. The van der Waals surface area contributed by atoms with Crippen LogP contribution < -0.4 is 5.73 Å². The second-order valence-corrected chi connectivity index (χ2v) is 5.31. The molecule has 0 aliphatic carbocycles. The van der Waals surface area contributed by atoms with E-state index >= 15 is 0 Å². The second kappa shape index (κ2) is 5.63. The molecule has 0 bridgehead atoms. The van der Waals surface area contributed by atoms with Crippen molar-refractivity contribution in [2.24, 2.45) is 0 Å². The van der Waals surface area contributed by atoms with Gasteiger partial charge in [-0.1, -0.05) is 6.92 Å². The maximum Gasteiger partial charge on any atom is 0.132 e. The number of rotatable bonds is 3. The number of imidazole rings is 1. The van der Waals surface area contributed by atoms with Crippen molar-refractivity contribution in [3.63, 3.8) is 0 Å². The van der Waals surface area contributed by atoms with Crippen molar-refractivity contribution in [2.75, 3.05) is 25.4 Å². The van der Waals surface area contributed by atoms with Gasteiger partial charge in [0.25, 0.3) is 0 Å². The highest BCUT2D eigenvalue weighted by Gasteiger charge is 2.22. The largest absolute Gasteiger partial charge is 0.383 e. The Balaban J connectivity index is 1.92. The van der Waals surface area contributed by atoms with Gasteiger partial charge in [0.15, 0.2) is 0 Å². The molecular weight excluding hydrogens is 250 g/mol. The Kier molecular flexibility index (Phi) is 3.69. The number of pyridine rings is 1. The van der Waals surface area contributed by atoms with E-state index < -0.39 is 0 Å². The van der Waals surface area contributed by atoms with Gasteiger partial charge < -0.3 is 15.2 Å². The summed E-state index contributed by atoms with van der Waals surface area (Å²) >= 11 is 0. The van der Waals surface area contributed by atoms with E-state index in [1.807, 2.05) is 24.7 Å². The first-order valence-corrected chi connectivity index (χ1v) is 7.24. The summed E-state index contributed by atoms with van der Waals surface area (Å²) in [5.74, 6) is 0.567. The van der Waals surface area contributed by atoms with E-state index in [9.17, 15) is 0 Å². The second-order valence-electron chi connectivity index (χ2n) is 5.31. The molecule has 0 amide bonds. The molecule has 0 aromatic carbocycles. The number of piperidine rings is 1. The van der Waals surface area contributed by atoms with Crippen LogP contribution in [0.3, 0.4) is 0 Å². The summed E-state index contributed by atoms with van der Waals surface area (Å²) < 4.78 is 2.26. The third-order valence-corrected chi connectivity index (χ3v) is 4.10. The van der Waals surface area contributed by atoms with Crippen molar-refractivity contribution in [3.05, 3.63) is 30.9 Å². The van der Waals surface area contributed by atoms with Gasteiger partial charge in [0.05, 0.1) is 18.2 Å². The zero-order valence-electron chi connectivity index (χ0n) is 11.9. The Morgan fingerprint density at radius 1 is 1.45 bits per heavy atom. The molecule has 3 heterocycles. The lowest BCUT2D eigenvalue weighted by molar-refractivity contribution is 0.186. The van der Waals surface area contributed by atoms with Crippen molar-refractivity contribution in [2.45, 2.75) is 25.8 Å². The van der Waals surface area contributed by atoms with Crippen LogP contribution in [0.1, 0.15) is 25.8 Å². The van der Waals surface area contributed by atoms with E-state index in [1.165, 1.54) is 19.4 Å². The monoisotopic (exact) mass is 271 g/mol. The van der Waals surface area contributed by atoms with Crippen LogP contribution in [0.25, 0.3) is 11.3 Å².